The Bertz CT molecular complexity index is 143. The van der Waals surface area contributed by atoms with Gasteiger partial charge in [0.1, 0.15) is 24.4 Å². The molecule has 0 amide bonds. The number of hydrogen-bond donors (Lipinski definition) is 6. The van der Waals surface area contributed by atoms with E-state index in [1.54, 1.807) is 0 Å². The van der Waals surface area contributed by atoms with Crippen LogP contribution in [0.2, 0.25) is 0 Å². The topological polar surface area (TPSA) is 121 Å². The molecule has 80 valence electrons. The number of aliphatic hydroxyl groups excluding tert-OH is 6. The molecular formula is C6H13FO6. The van der Waals surface area contributed by atoms with Gasteiger partial charge in [-0.05, 0) is 0 Å². The minimum Gasteiger partial charge on any atom is -0.394 e. The molecule has 13 heavy (non-hydrogen) atoms. The summed E-state index contributed by atoms with van der Waals surface area (Å²) in [7, 11) is 0. The third-order valence-electron chi connectivity index (χ3n) is 1.56. The lowest BCUT2D eigenvalue weighted by Crippen LogP contribution is -2.49. The predicted molar refractivity (Wildman–Crippen MR) is 38.2 cm³/mol. The van der Waals surface area contributed by atoms with Gasteiger partial charge < -0.3 is 30.6 Å². The van der Waals surface area contributed by atoms with Crippen LogP contribution in [0.1, 0.15) is 0 Å². The fraction of sp³-hybridized carbons (Fsp3) is 1.00. The van der Waals surface area contributed by atoms with Gasteiger partial charge >= 0.3 is 0 Å². The minimum atomic E-state index is -2.73. The van der Waals surface area contributed by atoms with Gasteiger partial charge in [-0.25, -0.2) is 4.39 Å². The molecule has 1 unspecified atom stereocenters. The van der Waals surface area contributed by atoms with Crippen LogP contribution in [-0.2, 0) is 0 Å². The normalized spacial score (nSPS) is 23.3. The summed E-state index contributed by atoms with van der Waals surface area (Å²) in [6.07, 6.45) is -10.7. The second-order valence-electron chi connectivity index (χ2n) is 2.59. The molecule has 0 radical (unpaired) electrons. The highest BCUT2D eigenvalue weighted by Gasteiger charge is 2.33. The van der Waals surface area contributed by atoms with Crippen molar-refractivity contribution < 1.29 is 35.0 Å². The summed E-state index contributed by atoms with van der Waals surface area (Å²) in [4.78, 5) is 0. The second-order valence-corrected chi connectivity index (χ2v) is 2.59. The molecule has 5 atom stereocenters. The molecular weight excluding hydrogens is 186 g/mol. The van der Waals surface area contributed by atoms with Crippen molar-refractivity contribution in [2.24, 2.45) is 0 Å². The molecule has 0 saturated carbocycles. The quantitative estimate of drug-likeness (QED) is 0.276. The highest BCUT2D eigenvalue weighted by Crippen LogP contribution is 2.08. The van der Waals surface area contributed by atoms with E-state index in [-0.39, 0.29) is 0 Å². The summed E-state index contributed by atoms with van der Waals surface area (Å²) < 4.78 is 12.0. The Labute approximate surface area is 73.5 Å². The summed E-state index contributed by atoms with van der Waals surface area (Å²) in [6, 6.07) is 0. The maximum Gasteiger partial charge on any atom is 0.225 e. The highest BCUT2D eigenvalue weighted by molar-refractivity contribution is 4.81. The summed E-state index contributed by atoms with van der Waals surface area (Å²) in [6.45, 7) is -0.854. The van der Waals surface area contributed by atoms with Crippen molar-refractivity contribution in [2.75, 3.05) is 6.61 Å². The van der Waals surface area contributed by atoms with Gasteiger partial charge in [0, 0.05) is 0 Å². The largest absolute Gasteiger partial charge is 0.394 e. The monoisotopic (exact) mass is 199 g/mol. The third-order valence-corrected chi connectivity index (χ3v) is 1.56. The van der Waals surface area contributed by atoms with Gasteiger partial charge in [0.15, 0.2) is 0 Å². The standard InChI is InChI=1S/C6H13FO6/c7-6(13)5(12)4(11)3(10)2(9)1-8/h2-6,8-13H,1H2/t2-,3-,4+,5-,6?/m1/s1/i7-1. The van der Waals surface area contributed by atoms with Gasteiger partial charge in [-0.3, -0.25) is 0 Å². The maximum absolute atomic E-state index is 12.0. The van der Waals surface area contributed by atoms with E-state index < -0.39 is 37.4 Å². The lowest BCUT2D eigenvalue weighted by Gasteiger charge is -2.25. The van der Waals surface area contributed by atoms with Crippen LogP contribution in [0.15, 0.2) is 0 Å². The Hall–Kier alpha value is -0.310. The average Bonchev–Trinajstić information content (AvgIpc) is 2.12. The summed E-state index contributed by atoms with van der Waals surface area (Å²) in [5.41, 5.74) is 0. The lowest BCUT2D eigenvalue weighted by molar-refractivity contribution is -0.165. The van der Waals surface area contributed by atoms with Crippen molar-refractivity contribution in [3.63, 3.8) is 0 Å². The number of aliphatic hydroxyl groups is 6. The van der Waals surface area contributed by atoms with Gasteiger partial charge in [-0.15, -0.1) is 0 Å². The van der Waals surface area contributed by atoms with Gasteiger partial charge in [0.2, 0.25) is 6.36 Å². The van der Waals surface area contributed by atoms with Gasteiger partial charge in [0.05, 0.1) is 6.61 Å². The van der Waals surface area contributed by atoms with E-state index >= 15 is 0 Å². The van der Waals surface area contributed by atoms with Crippen molar-refractivity contribution in [2.45, 2.75) is 30.8 Å². The minimum absolute atomic E-state index is 0.854. The summed E-state index contributed by atoms with van der Waals surface area (Å²) in [5, 5.41) is 51.7. The average molecular weight is 199 g/mol. The molecule has 6 nitrogen and oxygen atoms in total. The molecule has 0 aliphatic heterocycles. The first-order valence-corrected chi connectivity index (χ1v) is 3.57. The molecule has 0 heterocycles. The SMILES string of the molecule is OC[C@@H](O)[C@@H](O)[C@H](O)[C@@H](O)C(O)[18F]. The molecule has 0 saturated heterocycles. The van der Waals surface area contributed by atoms with Crippen LogP contribution in [0.4, 0.5) is 4.39 Å². The molecule has 0 aromatic carbocycles. The maximum atomic E-state index is 12.0. The molecule has 0 aliphatic rings. The molecule has 7 heteroatoms. The molecule has 0 bridgehead atoms. The Morgan fingerprint density at radius 3 is 1.62 bits per heavy atom. The van der Waals surface area contributed by atoms with Crippen molar-refractivity contribution in [1.29, 1.82) is 0 Å². The van der Waals surface area contributed by atoms with Gasteiger partial charge in [-0.2, -0.15) is 0 Å². The number of rotatable bonds is 5. The van der Waals surface area contributed by atoms with Crippen LogP contribution in [0.25, 0.3) is 0 Å². The highest BCUT2D eigenvalue weighted by atomic mass is 18.2. The fourth-order valence-corrected chi connectivity index (χ4v) is 0.700. The van der Waals surface area contributed by atoms with Crippen molar-refractivity contribution in [3.8, 4) is 0 Å². The van der Waals surface area contributed by atoms with Crippen molar-refractivity contribution in [1.82, 2.24) is 0 Å². The lowest BCUT2D eigenvalue weighted by atomic mass is 10.0. The van der Waals surface area contributed by atoms with Crippen LogP contribution in [0.5, 0.6) is 0 Å². The molecule has 0 aromatic rings. The smallest absolute Gasteiger partial charge is 0.225 e. The first-order chi connectivity index (χ1) is 5.91. The Morgan fingerprint density at radius 2 is 1.31 bits per heavy atom. The molecule has 0 aliphatic carbocycles. The van der Waals surface area contributed by atoms with E-state index in [4.69, 9.17) is 30.6 Å². The van der Waals surface area contributed by atoms with E-state index in [9.17, 15) is 4.39 Å². The third kappa shape index (κ3) is 3.51. The Balaban J connectivity index is 4.15. The molecule has 0 spiro atoms. The van der Waals surface area contributed by atoms with Crippen LogP contribution in [-0.4, -0.2) is 68.0 Å². The number of halogens is 1. The first-order valence-electron chi connectivity index (χ1n) is 3.57. The fourth-order valence-electron chi connectivity index (χ4n) is 0.700. The molecule has 0 fully saturated rings. The van der Waals surface area contributed by atoms with E-state index in [0.717, 1.165) is 0 Å². The van der Waals surface area contributed by atoms with Crippen LogP contribution in [0.3, 0.4) is 0 Å². The van der Waals surface area contributed by atoms with Crippen LogP contribution >= 0.6 is 0 Å². The van der Waals surface area contributed by atoms with E-state index in [0.29, 0.717) is 0 Å². The van der Waals surface area contributed by atoms with E-state index in [1.165, 1.54) is 0 Å². The van der Waals surface area contributed by atoms with Crippen molar-refractivity contribution in [3.05, 3.63) is 0 Å². The van der Waals surface area contributed by atoms with Crippen LogP contribution in [0, 0.1) is 0 Å². The molecule has 0 aromatic heterocycles. The summed E-state index contributed by atoms with van der Waals surface area (Å²) in [5.74, 6) is 0. The van der Waals surface area contributed by atoms with Gasteiger partial charge in [0.25, 0.3) is 0 Å². The summed E-state index contributed by atoms with van der Waals surface area (Å²) >= 11 is 0. The van der Waals surface area contributed by atoms with Crippen molar-refractivity contribution >= 4 is 0 Å². The number of alkyl halides is 1. The first kappa shape index (κ1) is 12.7. The van der Waals surface area contributed by atoms with Gasteiger partial charge in [-0.1, -0.05) is 0 Å². The van der Waals surface area contributed by atoms with Crippen LogP contribution < -0.4 is 0 Å². The second kappa shape index (κ2) is 5.43. The zero-order chi connectivity index (χ0) is 10.6. The number of hydrogen-bond acceptors (Lipinski definition) is 6. The van der Waals surface area contributed by atoms with E-state index in [1.807, 2.05) is 0 Å². The zero-order valence-electron chi connectivity index (χ0n) is 6.66. The van der Waals surface area contributed by atoms with E-state index in [2.05, 4.69) is 0 Å². The molecule has 0 rings (SSSR count). The zero-order valence-corrected chi connectivity index (χ0v) is 6.66. The Morgan fingerprint density at radius 1 is 0.846 bits per heavy atom. The Kier molecular flexibility index (Phi) is 5.30. The predicted octanol–water partition coefficient (Wildman–Crippen LogP) is -3.29. The molecule has 6 N–H and O–H groups in total.